The molecule has 0 fully saturated rings. The van der Waals surface area contributed by atoms with E-state index in [-0.39, 0.29) is 28.8 Å². The number of ether oxygens (including phenoxy) is 4. The van der Waals surface area contributed by atoms with Crippen LogP contribution in [0.3, 0.4) is 0 Å². The summed E-state index contributed by atoms with van der Waals surface area (Å²) in [6.45, 7) is 1.94. The van der Waals surface area contributed by atoms with E-state index in [1.165, 1.54) is 6.07 Å². The number of aryl methyl sites for hydroxylation is 1. The first kappa shape index (κ1) is 40.2. The number of para-hydroxylation sites is 2. The van der Waals surface area contributed by atoms with Gasteiger partial charge in [0.05, 0.1) is 16.8 Å². The van der Waals surface area contributed by atoms with Crippen molar-refractivity contribution in [2.75, 3.05) is 17.2 Å². The Kier molecular flexibility index (Phi) is 15.6. The van der Waals surface area contributed by atoms with Gasteiger partial charge in [-0.25, -0.2) is 9.59 Å². The molecule has 0 saturated heterocycles. The van der Waals surface area contributed by atoms with E-state index in [9.17, 15) is 19.2 Å². The molecule has 0 aliphatic rings. The zero-order valence-electron chi connectivity index (χ0n) is 30.2. The second-order valence-corrected chi connectivity index (χ2v) is 12.4. The van der Waals surface area contributed by atoms with E-state index in [0.29, 0.717) is 47.2 Å². The highest BCUT2D eigenvalue weighted by Crippen LogP contribution is 2.22. The molecule has 0 aliphatic heterocycles. The second kappa shape index (κ2) is 21.0. The minimum Gasteiger partial charge on any atom is -0.427 e. The fourth-order valence-electron chi connectivity index (χ4n) is 4.96. The molecule has 280 valence electrons. The lowest BCUT2D eigenvalue weighted by atomic mass is 10.1. The van der Waals surface area contributed by atoms with Crippen LogP contribution in [-0.2, 0) is 9.59 Å². The molecule has 0 spiro atoms. The third-order valence-corrected chi connectivity index (χ3v) is 7.92. The third kappa shape index (κ3) is 14.2. The number of esters is 4. The van der Waals surface area contributed by atoms with Crippen LogP contribution in [0.1, 0.15) is 77.6 Å². The maximum absolute atomic E-state index is 12.3. The van der Waals surface area contributed by atoms with Gasteiger partial charge in [0.1, 0.15) is 17.2 Å². The number of unbranched alkanes of at least 4 members (excludes halogenated alkanes) is 5. The first-order valence-electron chi connectivity index (χ1n) is 17.6. The molecule has 6 N–H and O–H groups in total. The van der Waals surface area contributed by atoms with Crippen molar-refractivity contribution >= 4 is 40.9 Å². The zero-order valence-corrected chi connectivity index (χ0v) is 30.2. The Morgan fingerprint density at radius 1 is 0.463 bits per heavy atom. The van der Waals surface area contributed by atoms with E-state index in [1.807, 2.05) is 19.1 Å². The minimum atomic E-state index is -0.604. The summed E-state index contributed by atoms with van der Waals surface area (Å²) in [5, 5.41) is 0. The summed E-state index contributed by atoms with van der Waals surface area (Å²) in [6.07, 6.45) is 6.39. The van der Waals surface area contributed by atoms with Gasteiger partial charge in [-0.05, 0) is 111 Å². The van der Waals surface area contributed by atoms with Gasteiger partial charge in [-0.2, -0.15) is 0 Å². The number of nitrogens with two attached hydrogens (primary N) is 3. The molecule has 5 aromatic rings. The topological polar surface area (TPSA) is 183 Å². The number of rotatable bonds is 15. The SMILES string of the molecule is Cc1ccc(OC(=O)c2cccc(C(=O)Oc3ccccc3N)c2)cc1.Nc1ccc(OC(=O)CCCCCCCCC(=O)Oc2ccc(N)cc2)cc1. The Bertz CT molecular complexity index is 1910. The number of hydrogen-bond acceptors (Lipinski definition) is 11. The number of carbonyl (C=O) groups is 4. The summed E-state index contributed by atoms with van der Waals surface area (Å²) in [5.41, 5.74) is 20.1. The lowest BCUT2D eigenvalue weighted by molar-refractivity contribution is -0.135. The second-order valence-electron chi connectivity index (χ2n) is 12.4. The van der Waals surface area contributed by atoms with Crippen molar-refractivity contribution in [1.82, 2.24) is 0 Å². The Morgan fingerprint density at radius 3 is 1.39 bits per heavy atom. The van der Waals surface area contributed by atoms with Gasteiger partial charge in [0.25, 0.3) is 0 Å². The molecular weight excluding hydrogens is 686 g/mol. The van der Waals surface area contributed by atoms with E-state index in [1.54, 1.807) is 103 Å². The van der Waals surface area contributed by atoms with Crippen LogP contribution in [0.15, 0.2) is 121 Å². The van der Waals surface area contributed by atoms with Gasteiger partial charge in [-0.3, -0.25) is 9.59 Å². The van der Waals surface area contributed by atoms with Crippen molar-refractivity contribution in [2.45, 2.75) is 58.3 Å². The predicted molar refractivity (Wildman–Crippen MR) is 208 cm³/mol. The number of carbonyl (C=O) groups excluding carboxylic acids is 4. The van der Waals surface area contributed by atoms with Crippen LogP contribution in [0.4, 0.5) is 17.1 Å². The van der Waals surface area contributed by atoms with E-state index >= 15 is 0 Å². The minimum absolute atomic E-state index is 0.227. The van der Waals surface area contributed by atoms with E-state index in [4.69, 9.17) is 36.1 Å². The van der Waals surface area contributed by atoms with Crippen LogP contribution in [0.2, 0.25) is 0 Å². The van der Waals surface area contributed by atoms with Gasteiger partial charge in [-0.1, -0.05) is 61.6 Å². The first-order chi connectivity index (χ1) is 26.0. The number of benzene rings is 5. The quantitative estimate of drug-likeness (QED) is 0.0406. The Balaban J connectivity index is 0.000000241. The Labute approximate surface area is 315 Å². The van der Waals surface area contributed by atoms with Crippen LogP contribution in [0, 0.1) is 6.92 Å². The Morgan fingerprint density at radius 2 is 0.889 bits per heavy atom. The highest BCUT2D eigenvalue weighted by atomic mass is 16.5. The van der Waals surface area contributed by atoms with Crippen LogP contribution < -0.4 is 36.1 Å². The molecule has 54 heavy (non-hydrogen) atoms. The average Bonchev–Trinajstić information content (AvgIpc) is 3.16. The van der Waals surface area contributed by atoms with Gasteiger partial charge in [-0.15, -0.1) is 0 Å². The smallest absolute Gasteiger partial charge is 0.343 e. The fourth-order valence-corrected chi connectivity index (χ4v) is 4.96. The maximum Gasteiger partial charge on any atom is 0.343 e. The van der Waals surface area contributed by atoms with Gasteiger partial charge in [0.2, 0.25) is 0 Å². The lowest BCUT2D eigenvalue weighted by Crippen LogP contribution is -2.13. The summed E-state index contributed by atoms with van der Waals surface area (Å²) in [5.74, 6) is 0.131. The van der Waals surface area contributed by atoms with Crippen molar-refractivity contribution in [2.24, 2.45) is 0 Å². The van der Waals surface area contributed by atoms with Crippen LogP contribution >= 0.6 is 0 Å². The predicted octanol–water partition coefficient (Wildman–Crippen LogP) is 8.50. The summed E-state index contributed by atoms with van der Waals surface area (Å²) < 4.78 is 21.1. The summed E-state index contributed by atoms with van der Waals surface area (Å²) >= 11 is 0. The molecule has 0 radical (unpaired) electrons. The summed E-state index contributed by atoms with van der Waals surface area (Å²) in [4.78, 5) is 48.1. The van der Waals surface area contributed by atoms with E-state index < -0.39 is 11.9 Å². The highest BCUT2D eigenvalue weighted by Gasteiger charge is 2.15. The van der Waals surface area contributed by atoms with Gasteiger partial charge in [0, 0.05) is 24.2 Å². The van der Waals surface area contributed by atoms with Crippen LogP contribution in [0.5, 0.6) is 23.0 Å². The molecule has 11 nitrogen and oxygen atoms in total. The molecule has 0 amide bonds. The molecule has 0 aromatic heterocycles. The highest BCUT2D eigenvalue weighted by molar-refractivity contribution is 5.97. The van der Waals surface area contributed by atoms with Gasteiger partial charge in [0.15, 0.2) is 5.75 Å². The maximum atomic E-state index is 12.3. The van der Waals surface area contributed by atoms with E-state index in [0.717, 1.165) is 44.1 Å². The van der Waals surface area contributed by atoms with Crippen LogP contribution in [0.25, 0.3) is 0 Å². The molecule has 0 saturated carbocycles. The van der Waals surface area contributed by atoms with Crippen molar-refractivity contribution in [3.8, 4) is 23.0 Å². The standard InChI is InChI=1S/C22H28N2O4.C21H17NO4/c23-17-9-13-19(14-10-17)27-21(25)7-5-3-1-2-4-6-8-22(26)28-20-15-11-18(24)12-16-20;1-14-9-11-17(12-10-14)25-20(23)15-5-4-6-16(13-15)21(24)26-19-8-3-2-7-18(19)22/h9-16H,1-8,23-24H2;2-13H,22H2,1H3. The van der Waals surface area contributed by atoms with Crippen molar-refractivity contribution in [3.05, 3.63) is 138 Å². The first-order valence-corrected chi connectivity index (χ1v) is 17.6. The lowest BCUT2D eigenvalue weighted by Gasteiger charge is -2.08. The molecule has 0 bridgehead atoms. The van der Waals surface area contributed by atoms with Gasteiger partial charge < -0.3 is 36.1 Å². The monoisotopic (exact) mass is 731 g/mol. The largest absolute Gasteiger partial charge is 0.427 e. The van der Waals surface area contributed by atoms with Crippen molar-refractivity contribution in [1.29, 1.82) is 0 Å². The molecule has 0 unspecified atom stereocenters. The summed E-state index contributed by atoms with van der Waals surface area (Å²) in [7, 11) is 0. The van der Waals surface area contributed by atoms with Crippen LogP contribution in [-0.4, -0.2) is 23.9 Å². The fraction of sp³-hybridized carbons (Fsp3) is 0.209. The summed E-state index contributed by atoms with van der Waals surface area (Å²) in [6, 6.07) is 33.5. The van der Waals surface area contributed by atoms with Crippen molar-refractivity contribution < 1.29 is 38.1 Å². The number of nitrogen functional groups attached to an aromatic ring is 3. The molecule has 0 heterocycles. The van der Waals surface area contributed by atoms with E-state index in [2.05, 4.69) is 0 Å². The third-order valence-electron chi connectivity index (χ3n) is 7.92. The van der Waals surface area contributed by atoms with Crippen molar-refractivity contribution in [3.63, 3.8) is 0 Å². The molecule has 0 aliphatic carbocycles. The van der Waals surface area contributed by atoms with Gasteiger partial charge >= 0.3 is 23.9 Å². The Hall–Kier alpha value is -6.62. The molecule has 0 atom stereocenters. The zero-order chi connectivity index (χ0) is 38.7. The molecular formula is C43H45N3O8. The molecule has 5 rings (SSSR count). The average molecular weight is 732 g/mol. The number of hydrogen-bond donors (Lipinski definition) is 3. The normalized spacial score (nSPS) is 10.3. The molecule has 5 aromatic carbocycles. The number of anilines is 3. The molecule has 11 heteroatoms.